The zero-order valence-electron chi connectivity index (χ0n) is 11.2. The largest absolute Gasteiger partial charge is 0.327 e. The molecule has 2 N–H and O–H groups in total. The van der Waals surface area contributed by atoms with Crippen LogP contribution in [-0.4, -0.2) is 32.2 Å². The van der Waals surface area contributed by atoms with Crippen LogP contribution in [0.25, 0.3) is 0 Å². The Bertz CT molecular complexity index is 517. The van der Waals surface area contributed by atoms with E-state index in [-0.39, 0.29) is 11.8 Å². The Balaban J connectivity index is 2.61. The third-order valence-electron chi connectivity index (χ3n) is 2.75. The minimum Gasteiger partial charge on any atom is -0.327 e. The molecule has 0 radical (unpaired) electrons. The topological polar surface area (TPSA) is 60.2 Å². The van der Waals surface area contributed by atoms with Crippen molar-refractivity contribution < 1.29 is 8.42 Å². The lowest BCUT2D eigenvalue weighted by molar-refractivity contribution is 0.603. The van der Waals surface area contributed by atoms with Gasteiger partial charge in [-0.15, -0.1) is 11.8 Å². The van der Waals surface area contributed by atoms with Gasteiger partial charge in [-0.1, -0.05) is 28.9 Å². The highest BCUT2D eigenvalue weighted by Gasteiger charge is 2.07. The van der Waals surface area contributed by atoms with Gasteiger partial charge in [0.2, 0.25) is 0 Å². The number of halogens is 1. The van der Waals surface area contributed by atoms with Gasteiger partial charge in [-0.05, 0) is 30.5 Å². The first kappa shape index (κ1) is 17.0. The molecule has 0 spiro atoms. The van der Waals surface area contributed by atoms with Crippen LogP contribution in [0, 0.1) is 0 Å². The highest BCUT2D eigenvalue weighted by atomic mass is 79.9. The van der Waals surface area contributed by atoms with Gasteiger partial charge in [0.1, 0.15) is 9.84 Å². The van der Waals surface area contributed by atoms with E-state index in [2.05, 4.69) is 28.9 Å². The molecule has 0 amide bonds. The van der Waals surface area contributed by atoms with E-state index >= 15 is 0 Å². The average Bonchev–Trinajstić information content (AvgIpc) is 2.30. The smallest absolute Gasteiger partial charge is 0.148 e. The number of thioether (sulfide) groups is 1. The molecule has 1 aromatic carbocycles. The minimum absolute atomic E-state index is 0.181. The summed E-state index contributed by atoms with van der Waals surface area (Å²) in [5.41, 5.74) is 7.14. The summed E-state index contributed by atoms with van der Waals surface area (Å²) in [6, 6.07) is 6.29. The van der Waals surface area contributed by atoms with Gasteiger partial charge >= 0.3 is 0 Å². The maximum absolute atomic E-state index is 11.1. The summed E-state index contributed by atoms with van der Waals surface area (Å²) in [4.78, 5) is 1.07. The fourth-order valence-corrected chi connectivity index (χ4v) is 4.36. The molecule has 0 aliphatic heterocycles. The van der Waals surface area contributed by atoms with Crippen LogP contribution < -0.4 is 5.73 Å². The Morgan fingerprint density at radius 3 is 2.63 bits per heavy atom. The van der Waals surface area contributed by atoms with Crippen LogP contribution in [0.3, 0.4) is 0 Å². The first-order valence-corrected chi connectivity index (χ1v) is 10.00. The quantitative estimate of drug-likeness (QED) is 0.754. The van der Waals surface area contributed by atoms with Crippen molar-refractivity contribution in [3.63, 3.8) is 0 Å². The van der Waals surface area contributed by atoms with E-state index in [0.29, 0.717) is 5.75 Å². The number of rotatable bonds is 7. The number of nitrogens with two attached hydrogens (primary N) is 1. The molecule has 19 heavy (non-hydrogen) atoms. The van der Waals surface area contributed by atoms with Crippen molar-refractivity contribution in [2.24, 2.45) is 5.73 Å². The summed E-state index contributed by atoms with van der Waals surface area (Å²) in [6.45, 7) is 2.08. The molecule has 0 saturated heterocycles. The van der Waals surface area contributed by atoms with Crippen LogP contribution in [0.15, 0.2) is 27.6 Å². The monoisotopic (exact) mass is 365 g/mol. The molecule has 1 aromatic rings. The molecule has 0 bridgehead atoms. The van der Waals surface area contributed by atoms with E-state index in [9.17, 15) is 8.42 Å². The fraction of sp³-hybridized carbons (Fsp3) is 0.538. The minimum atomic E-state index is -2.88. The molecule has 0 heterocycles. The molecule has 0 fully saturated rings. The average molecular weight is 366 g/mol. The van der Waals surface area contributed by atoms with E-state index in [1.165, 1.54) is 11.8 Å². The number of hydrogen-bond acceptors (Lipinski definition) is 4. The maximum Gasteiger partial charge on any atom is 0.148 e. The van der Waals surface area contributed by atoms with Crippen LogP contribution >= 0.6 is 27.7 Å². The molecule has 1 rings (SSSR count). The van der Waals surface area contributed by atoms with Gasteiger partial charge < -0.3 is 5.73 Å². The first-order chi connectivity index (χ1) is 8.81. The van der Waals surface area contributed by atoms with Crippen LogP contribution in [0.5, 0.6) is 0 Å². The maximum atomic E-state index is 11.1. The number of benzene rings is 1. The molecule has 108 valence electrons. The van der Waals surface area contributed by atoms with Crippen LogP contribution in [0.2, 0.25) is 0 Å². The second kappa shape index (κ2) is 7.67. The fourth-order valence-electron chi connectivity index (χ4n) is 1.52. The molecule has 0 aliphatic carbocycles. The zero-order chi connectivity index (χ0) is 14.5. The van der Waals surface area contributed by atoms with E-state index in [4.69, 9.17) is 5.73 Å². The van der Waals surface area contributed by atoms with E-state index in [1.54, 1.807) is 11.8 Å². The molecule has 0 aromatic heterocycles. The molecule has 0 aliphatic rings. The molecule has 1 atom stereocenters. The van der Waals surface area contributed by atoms with E-state index in [1.807, 2.05) is 12.1 Å². The van der Waals surface area contributed by atoms with Gasteiger partial charge in [0.25, 0.3) is 0 Å². The van der Waals surface area contributed by atoms with Crippen molar-refractivity contribution in [3.8, 4) is 0 Å². The molecular formula is C13H20BrNO2S2. The van der Waals surface area contributed by atoms with Gasteiger partial charge in [-0.3, -0.25) is 0 Å². The summed E-state index contributed by atoms with van der Waals surface area (Å²) in [5, 5.41) is 0. The summed E-state index contributed by atoms with van der Waals surface area (Å²) in [6.07, 6.45) is 3.07. The lowest BCUT2D eigenvalue weighted by Gasteiger charge is -2.11. The van der Waals surface area contributed by atoms with E-state index in [0.717, 1.165) is 22.2 Å². The molecule has 6 heteroatoms. The van der Waals surface area contributed by atoms with E-state index < -0.39 is 9.84 Å². The van der Waals surface area contributed by atoms with Gasteiger partial charge in [-0.2, -0.15) is 0 Å². The second-order valence-electron chi connectivity index (χ2n) is 4.60. The van der Waals surface area contributed by atoms with Crippen LogP contribution in [-0.2, 0) is 16.3 Å². The predicted octanol–water partition coefficient (Wildman–Crippen LogP) is 2.87. The zero-order valence-corrected chi connectivity index (χ0v) is 14.4. The van der Waals surface area contributed by atoms with Gasteiger partial charge in [0.05, 0.1) is 5.75 Å². The summed E-state index contributed by atoms with van der Waals surface area (Å²) in [7, 11) is -2.88. The normalized spacial score (nSPS) is 13.5. The van der Waals surface area contributed by atoms with Gasteiger partial charge in [0, 0.05) is 27.4 Å². The van der Waals surface area contributed by atoms with Crippen LogP contribution in [0.4, 0.5) is 0 Å². The lowest BCUT2D eigenvalue weighted by atomic mass is 10.1. The van der Waals surface area contributed by atoms with Crippen molar-refractivity contribution in [1.82, 2.24) is 0 Å². The summed E-state index contributed by atoms with van der Waals surface area (Å²) in [5.74, 6) is 0.789. The van der Waals surface area contributed by atoms with Gasteiger partial charge in [-0.25, -0.2) is 8.42 Å². The Kier molecular flexibility index (Phi) is 6.86. The Morgan fingerprint density at radius 1 is 1.42 bits per heavy atom. The number of sulfone groups is 1. The van der Waals surface area contributed by atoms with Crippen molar-refractivity contribution in [2.45, 2.75) is 30.7 Å². The SMILES string of the molecule is CCC(N)Cc1ccc(SCCS(C)(=O)=O)cc1Br. The Morgan fingerprint density at radius 2 is 2.11 bits per heavy atom. The van der Waals surface area contributed by atoms with Crippen LogP contribution in [0.1, 0.15) is 18.9 Å². The van der Waals surface area contributed by atoms with Gasteiger partial charge in [0.15, 0.2) is 0 Å². The Labute approximate surface area is 128 Å². The third kappa shape index (κ3) is 6.79. The second-order valence-corrected chi connectivity index (χ2v) is 8.89. The van der Waals surface area contributed by atoms with Crippen molar-refractivity contribution in [1.29, 1.82) is 0 Å². The summed E-state index contributed by atoms with van der Waals surface area (Å²) >= 11 is 5.10. The van der Waals surface area contributed by atoms with Crippen molar-refractivity contribution in [2.75, 3.05) is 17.8 Å². The Hall–Kier alpha value is -0.0400. The standard InChI is InChI=1S/C13H20BrNO2S2/c1-3-11(15)8-10-4-5-12(9-13(10)14)18-6-7-19(2,16)17/h4-5,9,11H,3,6-8,15H2,1-2H3. The molecule has 3 nitrogen and oxygen atoms in total. The lowest BCUT2D eigenvalue weighted by Crippen LogP contribution is -2.21. The molecule has 0 saturated carbocycles. The number of hydrogen-bond donors (Lipinski definition) is 1. The summed E-state index contributed by atoms with van der Waals surface area (Å²) < 4.78 is 23.2. The predicted molar refractivity (Wildman–Crippen MR) is 86.5 cm³/mol. The highest BCUT2D eigenvalue weighted by Crippen LogP contribution is 2.26. The third-order valence-corrected chi connectivity index (χ3v) is 5.69. The molecule has 1 unspecified atom stereocenters. The first-order valence-electron chi connectivity index (χ1n) is 6.16. The van der Waals surface area contributed by atoms with Crippen molar-refractivity contribution >= 4 is 37.5 Å². The molecular weight excluding hydrogens is 346 g/mol. The highest BCUT2D eigenvalue weighted by molar-refractivity contribution is 9.10. The van der Waals surface area contributed by atoms with Crippen molar-refractivity contribution in [3.05, 3.63) is 28.2 Å².